The largest absolute Gasteiger partial charge is 0.480 e. The maximum Gasteiger partial charge on any atom is 0.326 e. The highest BCUT2D eigenvalue weighted by Gasteiger charge is 2.37. The Kier molecular flexibility index (Phi) is 5.44. The fraction of sp³-hybridized carbons (Fsp3) is 0.846. The Balaban J connectivity index is 2.36. The van der Waals surface area contributed by atoms with Crippen LogP contribution in [0.15, 0.2) is 0 Å². The first-order valence-corrected chi connectivity index (χ1v) is 6.79. The van der Waals surface area contributed by atoms with Crippen LogP contribution in [0.5, 0.6) is 0 Å². The molecule has 3 N–H and O–H groups in total. The van der Waals surface area contributed by atoms with E-state index < -0.39 is 12.0 Å². The van der Waals surface area contributed by atoms with Crippen molar-refractivity contribution in [2.45, 2.75) is 58.5 Å². The fourth-order valence-electron chi connectivity index (χ4n) is 2.15. The molecular formula is C13H24N2O3. The van der Waals surface area contributed by atoms with Crippen LogP contribution in [0, 0.1) is 11.8 Å². The van der Waals surface area contributed by atoms with Crippen LogP contribution < -0.4 is 10.6 Å². The summed E-state index contributed by atoms with van der Waals surface area (Å²) in [6, 6.07) is -0.930. The highest BCUT2D eigenvalue weighted by Crippen LogP contribution is 2.34. The summed E-state index contributed by atoms with van der Waals surface area (Å²) in [6.45, 7) is 5.87. The van der Waals surface area contributed by atoms with Gasteiger partial charge in [-0.3, -0.25) is 0 Å². The molecule has 3 unspecified atom stereocenters. The Hall–Kier alpha value is -1.26. The summed E-state index contributed by atoms with van der Waals surface area (Å²) in [5, 5.41) is 14.5. The first-order chi connectivity index (χ1) is 8.49. The van der Waals surface area contributed by atoms with E-state index in [0.717, 1.165) is 25.7 Å². The number of carboxylic acids is 1. The van der Waals surface area contributed by atoms with Gasteiger partial charge >= 0.3 is 12.0 Å². The summed E-state index contributed by atoms with van der Waals surface area (Å²) < 4.78 is 0. The number of rotatable bonds is 7. The van der Waals surface area contributed by atoms with Gasteiger partial charge in [-0.2, -0.15) is 0 Å². The molecule has 1 fully saturated rings. The predicted molar refractivity (Wildman–Crippen MR) is 69.3 cm³/mol. The van der Waals surface area contributed by atoms with Crippen molar-refractivity contribution >= 4 is 12.0 Å². The van der Waals surface area contributed by atoms with Crippen LogP contribution in [-0.2, 0) is 4.79 Å². The summed E-state index contributed by atoms with van der Waals surface area (Å²) >= 11 is 0. The number of urea groups is 1. The first kappa shape index (κ1) is 14.8. The number of hydrogen-bond acceptors (Lipinski definition) is 2. The smallest absolute Gasteiger partial charge is 0.326 e. The SMILES string of the molecule is CCCC1CC1NC(=O)N[C@H](C(=O)O)C(C)CC. The zero-order valence-electron chi connectivity index (χ0n) is 11.4. The topological polar surface area (TPSA) is 78.4 Å². The van der Waals surface area contributed by atoms with E-state index in [2.05, 4.69) is 17.6 Å². The molecule has 4 atom stereocenters. The van der Waals surface area contributed by atoms with E-state index >= 15 is 0 Å². The van der Waals surface area contributed by atoms with Gasteiger partial charge in [0, 0.05) is 6.04 Å². The monoisotopic (exact) mass is 256 g/mol. The number of aliphatic carboxylic acids is 1. The molecule has 0 bridgehead atoms. The molecule has 0 heterocycles. The van der Waals surface area contributed by atoms with Crippen molar-refractivity contribution in [2.75, 3.05) is 0 Å². The van der Waals surface area contributed by atoms with Crippen LogP contribution in [0.4, 0.5) is 4.79 Å². The summed E-state index contributed by atoms with van der Waals surface area (Å²) in [4.78, 5) is 22.8. The van der Waals surface area contributed by atoms with Crippen LogP contribution in [0.25, 0.3) is 0 Å². The van der Waals surface area contributed by atoms with Gasteiger partial charge in [-0.1, -0.05) is 33.6 Å². The van der Waals surface area contributed by atoms with Gasteiger partial charge in [-0.25, -0.2) is 9.59 Å². The molecule has 0 aromatic carbocycles. The molecule has 18 heavy (non-hydrogen) atoms. The molecule has 1 aliphatic rings. The summed E-state index contributed by atoms with van der Waals surface area (Å²) in [5.41, 5.74) is 0. The van der Waals surface area contributed by atoms with Gasteiger partial charge in [0.05, 0.1) is 0 Å². The summed E-state index contributed by atoms with van der Waals surface area (Å²) in [5.74, 6) is -0.466. The van der Waals surface area contributed by atoms with Gasteiger partial charge in [0.25, 0.3) is 0 Å². The summed E-state index contributed by atoms with van der Waals surface area (Å²) in [6.07, 6.45) is 3.98. The second-order valence-corrected chi connectivity index (χ2v) is 5.21. The van der Waals surface area contributed by atoms with Crippen LogP contribution in [0.3, 0.4) is 0 Å². The second kappa shape index (κ2) is 6.61. The van der Waals surface area contributed by atoms with Crippen molar-refractivity contribution in [3.63, 3.8) is 0 Å². The number of carboxylic acid groups (broad SMARTS) is 1. The Morgan fingerprint density at radius 1 is 1.39 bits per heavy atom. The molecule has 1 saturated carbocycles. The Morgan fingerprint density at radius 2 is 2.06 bits per heavy atom. The van der Waals surface area contributed by atoms with Gasteiger partial charge < -0.3 is 15.7 Å². The van der Waals surface area contributed by atoms with E-state index in [0.29, 0.717) is 5.92 Å². The third-order valence-corrected chi connectivity index (χ3v) is 3.66. The molecule has 1 rings (SSSR count). The van der Waals surface area contributed by atoms with E-state index in [1.54, 1.807) is 0 Å². The van der Waals surface area contributed by atoms with Crippen LogP contribution in [0.1, 0.15) is 46.5 Å². The highest BCUT2D eigenvalue weighted by atomic mass is 16.4. The van der Waals surface area contributed by atoms with Gasteiger partial charge in [0.2, 0.25) is 0 Å². The van der Waals surface area contributed by atoms with Crippen molar-refractivity contribution in [3.05, 3.63) is 0 Å². The maximum absolute atomic E-state index is 11.7. The quantitative estimate of drug-likeness (QED) is 0.651. The number of hydrogen-bond donors (Lipinski definition) is 3. The Labute approximate surface area is 108 Å². The lowest BCUT2D eigenvalue weighted by Gasteiger charge is -2.20. The Morgan fingerprint density at radius 3 is 2.56 bits per heavy atom. The first-order valence-electron chi connectivity index (χ1n) is 6.79. The average Bonchev–Trinajstić information content (AvgIpc) is 3.03. The molecule has 0 spiro atoms. The average molecular weight is 256 g/mol. The molecule has 0 aromatic rings. The van der Waals surface area contributed by atoms with E-state index in [4.69, 9.17) is 5.11 Å². The lowest BCUT2D eigenvalue weighted by Crippen LogP contribution is -2.49. The zero-order chi connectivity index (χ0) is 13.7. The summed E-state index contributed by atoms with van der Waals surface area (Å²) in [7, 11) is 0. The molecule has 0 radical (unpaired) electrons. The van der Waals surface area contributed by atoms with Crippen LogP contribution in [-0.4, -0.2) is 29.2 Å². The van der Waals surface area contributed by atoms with Crippen LogP contribution in [0.2, 0.25) is 0 Å². The van der Waals surface area contributed by atoms with Crippen molar-refractivity contribution in [2.24, 2.45) is 11.8 Å². The standard InChI is InChI=1S/C13H24N2O3/c1-4-6-9-7-10(9)14-13(18)15-11(12(16)17)8(3)5-2/h8-11H,4-7H2,1-3H3,(H,16,17)(H2,14,15,18)/t8?,9?,10?,11-/m0/s1. The van der Waals surface area contributed by atoms with E-state index in [9.17, 15) is 9.59 Å². The van der Waals surface area contributed by atoms with Crippen molar-refractivity contribution < 1.29 is 14.7 Å². The minimum Gasteiger partial charge on any atom is -0.480 e. The number of carbonyl (C=O) groups excluding carboxylic acids is 1. The fourth-order valence-corrected chi connectivity index (χ4v) is 2.15. The molecule has 0 aromatic heterocycles. The van der Waals surface area contributed by atoms with Gasteiger partial charge in [0.1, 0.15) is 6.04 Å². The molecule has 1 aliphatic carbocycles. The second-order valence-electron chi connectivity index (χ2n) is 5.21. The van der Waals surface area contributed by atoms with E-state index in [1.807, 2.05) is 13.8 Å². The van der Waals surface area contributed by atoms with Gasteiger partial charge in [0.15, 0.2) is 0 Å². The third kappa shape index (κ3) is 4.20. The van der Waals surface area contributed by atoms with E-state index in [-0.39, 0.29) is 18.0 Å². The van der Waals surface area contributed by atoms with Gasteiger partial charge in [-0.05, 0) is 24.7 Å². The van der Waals surface area contributed by atoms with Crippen molar-refractivity contribution in [3.8, 4) is 0 Å². The molecule has 0 aliphatic heterocycles. The molecule has 5 heteroatoms. The van der Waals surface area contributed by atoms with Gasteiger partial charge in [-0.15, -0.1) is 0 Å². The minimum atomic E-state index is -0.972. The third-order valence-electron chi connectivity index (χ3n) is 3.66. The molecule has 2 amide bonds. The van der Waals surface area contributed by atoms with Crippen molar-refractivity contribution in [1.82, 2.24) is 10.6 Å². The molecule has 104 valence electrons. The van der Waals surface area contributed by atoms with Crippen molar-refractivity contribution in [1.29, 1.82) is 0 Å². The molecule has 5 nitrogen and oxygen atoms in total. The normalized spacial score (nSPS) is 25.1. The molecular weight excluding hydrogens is 232 g/mol. The number of carbonyl (C=O) groups is 2. The molecule has 0 saturated heterocycles. The Bertz CT molecular complexity index is 307. The maximum atomic E-state index is 11.7. The number of nitrogens with one attached hydrogen (secondary N) is 2. The lowest BCUT2D eigenvalue weighted by molar-refractivity contribution is -0.140. The lowest BCUT2D eigenvalue weighted by atomic mass is 9.99. The zero-order valence-corrected chi connectivity index (χ0v) is 11.4. The van der Waals surface area contributed by atoms with E-state index in [1.165, 1.54) is 0 Å². The number of amides is 2. The predicted octanol–water partition coefficient (Wildman–Crippen LogP) is 1.97. The minimum absolute atomic E-state index is 0.0705. The highest BCUT2D eigenvalue weighted by molar-refractivity contribution is 5.83. The van der Waals surface area contributed by atoms with Crippen LogP contribution >= 0.6 is 0 Å².